The molecule has 6 heteroatoms. The molecular weight excluding hydrogens is 281 g/mol. The summed E-state index contributed by atoms with van der Waals surface area (Å²) in [4.78, 5) is 4.25. The molecule has 0 aliphatic rings. The van der Waals surface area contributed by atoms with Gasteiger partial charge in [0.2, 0.25) is 5.82 Å². The number of halogens is 2. The SMILES string of the molecule is Nc1cccc(-c2nc(-c3ccc(F)c(Cl)c3)no2)c1. The third-order valence-electron chi connectivity index (χ3n) is 2.74. The monoisotopic (exact) mass is 289 g/mol. The molecule has 0 fully saturated rings. The fourth-order valence-corrected chi connectivity index (χ4v) is 1.95. The molecule has 0 bridgehead atoms. The van der Waals surface area contributed by atoms with E-state index >= 15 is 0 Å². The third-order valence-corrected chi connectivity index (χ3v) is 3.03. The molecule has 2 N–H and O–H groups in total. The molecule has 3 aromatic rings. The molecule has 4 nitrogen and oxygen atoms in total. The molecule has 0 spiro atoms. The minimum absolute atomic E-state index is 0.0119. The summed E-state index contributed by atoms with van der Waals surface area (Å²) in [5.74, 6) is 0.187. The molecule has 0 radical (unpaired) electrons. The summed E-state index contributed by atoms with van der Waals surface area (Å²) in [7, 11) is 0. The first-order valence-corrected chi connectivity index (χ1v) is 6.16. The molecule has 20 heavy (non-hydrogen) atoms. The van der Waals surface area contributed by atoms with Gasteiger partial charge in [-0.2, -0.15) is 4.98 Å². The standard InChI is InChI=1S/C14H9ClFN3O/c15-11-7-8(4-5-12(11)16)13-18-14(20-19-13)9-2-1-3-10(17)6-9/h1-7H,17H2. The zero-order valence-electron chi connectivity index (χ0n) is 10.2. The van der Waals surface area contributed by atoms with E-state index in [1.54, 1.807) is 18.2 Å². The van der Waals surface area contributed by atoms with Gasteiger partial charge in [-0.15, -0.1) is 0 Å². The molecule has 1 heterocycles. The molecule has 0 unspecified atom stereocenters. The lowest BCUT2D eigenvalue weighted by atomic mass is 10.2. The van der Waals surface area contributed by atoms with E-state index in [1.807, 2.05) is 6.07 Å². The molecule has 0 amide bonds. The first-order valence-electron chi connectivity index (χ1n) is 5.78. The number of nitrogens with zero attached hydrogens (tertiary/aromatic N) is 2. The Hall–Kier alpha value is -2.40. The second-order valence-electron chi connectivity index (χ2n) is 4.18. The van der Waals surface area contributed by atoms with Crippen LogP contribution >= 0.6 is 11.6 Å². The van der Waals surface area contributed by atoms with Crippen molar-refractivity contribution in [3.05, 3.63) is 53.3 Å². The van der Waals surface area contributed by atoms with Crippen molar-refractivity contribution < 1.29 is 8.91 Å². The number of nitrogens with two attached hydrogens (primary N) is 1. The lowest BCUT2D eigenvalue weighted by Crippen LogP contribution is -1.86. The van der Waals surface area contributed by atoms with Crippen LogP contribution in [0.5, 0.6) is 0 Å². The predicted molar refractivity (Wildman–Crippen MR) is 74.6 cm³/mol. The van der Waals surface area contributed by atoms with Gasteiger partial charge < -0.3 is 10.3 Å². The Balaban J connectivity index is 1.99. The topological polar surface area (TPSA) is 64.9 Å². The highest BCUT2D eigenvalue weighted by molar-refractivity contribution is 6.31. The zero-order valence-corrected chi connectivity index (χ0v) is 10.9. The largest absolute Gasteiger partial charge is 0.399 e. The van der Waals surface area contributed by atoms with Crippen molar-refractivity contribution in [1.82, 2.24) is 10.1 Å². The van der Waals surface area contributed by atoms with Crippen LogP contribution in [-0.2, 0) is 0 Å². The van der Waals surface area contributed by atoms with Gasteiger partial charge in [-0.05, 0) is 36.4 Å². The first kappa shape index (κ1) is 12.6. The van der Waals surface area contributed by atoms with E-state index in [1.165, 1.54) is 18.2 Å². The molecule has 1 aromatic heterocycles. The highest BCUT2D eigenvalue weighted by atomic mass is 35.5. The minimum Gasteiger partial charge on any atom is -0.399 e. The second kappa shape index (κ2) is 4.94. The Morgan fingerprint density at radius 1 is 1.10 bits per heavy atom. The van der Waals surface area contributed by atoms with Crippen molar-refractivity contribution in [1.29, 1.82) is 0 Å². The number of rotatable bonds is 2. The summed E-state index contributed by atoms with van der Waals surface area (Å²) in [5.41, 5.74) is 7.60. The van der Waals surface area contributed by atoms with Gasteiger partial charge in [0.05, 0.1) is 5.02 Å². The van der Waals surface area contributed by atoms with Crippen LogP contribution in [0, 0.1) is 5.82 Å². The average Bonchev–Trinajstić information content (AvgIpc) is 2.92. The van der Waals surface area contributed by atoms with Crippen molar-refractivity contribution in [3.63, 3.8) is 0 Å². The summed E-state index contributed by atoms with van der Waals surface area (Å²) < 4.78 is 18.3. The van der Waals surface area contributed by atoms with E-state index in [-0.39, 0.29) is 5.02 Å². The maximum Gasteiger partial charge on any atom is 0.258 e. The summed E-state index contributed by atoms with van der Waals surface area (Å²) in [6, 6.07) is 11.3. The Kier molecular flexibility index (Phi) is 3.12. The van der Waals surface area contributed by atoms with Gasteiger partial charge in [-0.1, -0.05) is 22.8 Å². The van der Waals surface area contributed by atoms with Crippen LogP contribution in [0.2, 0.25) is 5.02 Å². The van der Waals surface area contributed by atoms with Gasteiger partial charge in [0.15, 0.2) is 0 Å². The maximum absolute atomic E-state index is 13.1. The lowest BCUT2D eigenvalue weighted by molar-refractivity contribution is 0.432. The number of benzene rings is 2. The number of hydrogen-bond donors (Lipinski definition) is 1. The van der Waals surface area contributed by atoms with Crippen LogP contribution in [0.4, 0.5) is 10.1 Å². The summed E-state index contributed by atoms with van der Waals surface area (Å²) in [6.45, 7) is 0. The van der Waals surface area contributed by atoms with Crippen LogP contribution in [0.25, 0.3) is 22.8 Å². The van der Waals surface area contributed by atoms with E-state index in [0.717, 1.165) is 5.56 Å². The second-order valence-corrected chi connectivity index (χ2v) is 4.58. The number of nitrogen functional groups attached to an aromatic ring is 1. The number of hydrogen-bond acceptors (Lipinski definition) is 4. The lowest BCUT2D eigenvalue weighted by Gasteiger charge is -1.97. The minimum atomic E-state index is -0.491. The Bertz CT molecular complexity index is 773. The van der Waals surface area contributed by atoms with E-state index in [4.69, 9.17) is 21.9 Å². The summed E-state index contributed by atoms with van der Waals surface area (Å²) in [5, 5.41) is 3.87. The Labute approximate surface area is 119 Å². The van der Waals surface area contributed by atoms with Crippen LogP contribution in [0.3, 0.4) is 0 Å². The molecule has 0 saturated heterocycles. The molecule has 2 aromatic carbocycles. The van der Waals surface area contributed by atoms with Gasteiger partial charge in [0, 0.05) is 16.8 Å². The van der Waals surface area contributed by atoms with Crippen LogP contribution < -0.4 is 5.73 Å². The predicted octanol–water partition coefficient (Wildman–Crippen LogP) is 3.78. The van der Waals surface area contributed by atoms with E-state index in [0.29, 0.717) is 23.0 Å². The van der Waals surface area contributed by atoms with Crippen molar-refractivity contribution in [2.75, 3.05) is 5.73 Å². The van der Waals surface area contributed by atoms with Gasteiger partial charge in [0.25, 0.3) is 5.89 Å². The fourth-order valence-electron chi connectivity index (χ4n) is 1.76. The van der Waals surface area contributed by atoms with Gasteiger partial charge in [-0.25, -0.2) is 4.39 Å². The van der Waals surface area contributed by atoms with Crippen LogP contribution in [0.15, 0.2) is 47.0 Å². The third kappa shape index (κ3) is 2.35. The Morgan fingerprint density at radius 3 is 2.70 bits per heavy atom. The van der Waals surface area contributed by atoms with Crippen molar-refractivity contribution in [2.45, 2.75) is 0 Å². The molecule has 0 aliphatic heterocycles. The molecule has 0 aliphatic carbocycles. The summed E-state index contributed by atoms with van der Waals surface area (Å²) in [6.07, 6.45) is 0. The fraction of sp³-hybridized carbons (Fsp3) is 0. The molecule has 100 valence electrons. The van der Waals surface area contributed by atoms with Gasteiger partial charge in [0.1, 0.15) is 5.82 Å². The molecule has 0 atom stereocenters. The van der Waals surface area contributed by atoms with Crippen molar-refractivity contribution >= 4 is 17.3 Å². The van der Waals surface area contributed by atoms with Crippen LogP contribution in [-0.4, -0.2) is 10.1 Å². The van der Waals surface area contributed by atoms with E-state index in [9.17, 15) is 4.39 Å². The number of anilines is 1. The molecule has 3 rings (SSSR count). The molecule has 0 saturated carbocycles. The van der Waals surface area contributed by atoms with Gasteiger partial charge >= 0.3 is 0 Å². The highest BCUT2D eigenvalue weighted by Gasteiger charge is 2.12. The normalized spacial score (nSPS) is 10.7. The van der Waals surface area contributed by atoms with Crippen LogP contribution in [0.1, 0.15) is 0 Å². The first-order chi connectivity index (χ1) is 9.63. The van der Waals surface area contributed by atoms with Gasteiger partial charge in [-0.3, -0.25) is 0 Å². The zero-order chi connectivity index (χ0) is 14.1. The average molecular weight is 290 g/mol. The van der Waals surface area contributed by atoms with Crippen molar-refractivity contribution in [2.24, 2.45) is 0 Å². The quantitative estimate of drug-likeness (QED) is 0.729. The highest BCUT2D eigenvalue weighted by Crippen LogP contribution is 2.26. The maximum atomic E-state index is 13.1. The number of aromatic nitrogens is 2. The van der Waals surface area contributed by atoms with E-state index in [2.05, 4.69) is 10.1 Å². The Morgan fingerprint density at radius 2 is 1.95 bits per heavy atom. The van der Waals surface area contributed by atoms with E-state index < -0.39 is 5.82 Å². The van der Waals surface area contributed by atoms with Crippen molar-refractivity contribution in [3.8, 4) is 22.8 Å². The molecular formula is C14H9ClFN3O. The summed E-state index contributed by atoms with van der Waals surface area (Å²) >= 11 is 5.73. The smallest absolute Gasteiger partial charge is 0.258 e.